The largest absolute Gasteiger partial charge is 0.396 e. The van der Waals surface area contributed by atoms with Gasteiger partial charge < -0.3 is 11.1 Å². The van der Waals surface area contributed by atoms with Crippen LogP contribution >= 0.6 is 0 Å². The molecule has 0 heterocycles. The van der Waals surface area contributed by atoms with Crippen molar-refractivity contribution in [1.29, 1.82) is 0 Å². The van der Waals surface area contributed by atoms with E-state index in [2.05, 4.69) is 0 Å². The first-order valence-corrected chi connectivity index (χ1v) is 6.46. The highest BCUT2D eigenvalue weighted by molar-refractivity contribution is 7.89. The molecule has 0 aliphatic heterocycles. The van der Waals surface area contributed by atoms with Crippen molar-refractivity contribution in [3.05, 3.63) is 29.3 Å². The van der Waals surface area contributed by atoms with E-state index in [1.54, 1.807) is 0 Å². The van der Waals surface area contributed by atoms with Crippen LogP contribution in [0, 0.1) is 11.6 Å². The number of anilines is 1. The molecule has 0 radical (unpaired) electrons. The lowest BCUT2D eigenvalue weighted by molar-refractivity contribution is 0.0948. The fourth-order valence-electron chi connectivity index (χ4n) is 1.17. The Morgan fingerprint density at radius 2 is 1.94 bits per heavy atom. The van der Waals surface area contributed by atoms with E-state index in [1.807, 2.05) is 5.32 Å². The van der Waals surface area contributed by atoms with Gasteiger partial charge in [-0.2, -0.15) is 0 Å². The van der Waals surface area contributed by atoms with Crippen LogP contribution in [0.1, 0.15) is 10.4 Å². The zero-order valence-corrected chi connectivity index (χ0v) is 9.93. The number of amides is 1. The smallest absolute Gasteiger partial charge is 0.257 e. The van der Waals surface area contributed by atoms with Crippen LogP contribution < -0.4 is 16.2 Å². The van der Waals surface area contributed by atoms with Crippen molar-refractivity contribution >= 4 is 21.6 Å². The third-order valence-electron chi connectivity index (χ3n) is 2.02. The van der Waals surface area contributed by atoms with Crippen molar-refractivity contribution in [2.45, 2.75) is 0 Å². The van der Waals surface area contributed by atoms with E-state index in [1.165, 1.54) is 0 Å². The molecule has 0 fully saturated rings. The zero-order valence-electron chi connectivity index (χ0n) is 9.11. The first-order valence-electron chi connectivity index (χ1n) is 4.74. The summed E-state index contributed by atoms with van der Waals surface area (Å²) in [6, 6.07) is 1.82. The molecule has 1 rings (SSSR count). The molecule has 1 aromatic rings. The third kappa shape index (κ3) is 3.64. The summed E-state index contributed by atoms with van der Waals surface area (Å²) in [5, 5.41) is 6.73. The molecule has 18 heavy (non-hydrogen) atoms. The second-order valence-electron chi connectivity index (χ2n) is 3.45. The quantitative estimate of drug-likeness (QED) is 0.648. The molecule has 1 aromatic carbocycles. The van der Waals surface area contributed by atoms with Gasteiger partial charge in [-0.25, -0.2) is 22.3 Å². The lowest BCUT2D eigenvalue weighted by Gasteiger charge is -2.07. The van der Waals surface area contributed by atoms with Gasteiger partial charge in [-0.3, -0.25) is 4.79 Å². The first-order chi connectivity index (χ1) is 8.22. The number of benzene rings is 1. The number of nitrogen functional groups attached to an aromatic ring is 1. The Labute approximate surface area is 102 Å². The Balaban J connectivity index is 2.82. The SMILES string of the molecule is Nc1ccc(F)c(C(=O)NCCS(N)(=O)=O)c1F. The number of sulfonamides is 1. The van der Waals surface area contributed by atoms with Crippen molar-refractivity contribution in [2.75, 3.05) is 18.0 Å². The van der Waals surface area contributed by atoms with Gasteiger partial charge in [0, 0.05) is 6.54 Å². The number of primary sulfonamides is 1. The molecule has 100 valence electrons. The topological polar surface area (TPSA) is 115 Å². The average Bonchev–Trinajstić information content (AvgIpc) is 2.22. The van der Waals surface area contributed by atoms with E-state index in [-0.39, 0.29) is 12.2 Å². The molecule has 6 nitrogen and oxygen atoms in total. The van der Waals surface area contributed by atoms with Gasteiger partial charge in [0.05, 0.1) is 11.4 Å². The monoisotopic (exact) mass is 279 g/mol. The fourth-order valence-corrected chi connectivity index (χ4v) is 1.56. The zero-order chi connectivity index (χ0) is 13.9. The third-order valence-corrected chi connectivity index (χ3v) is 2.79. The average molecular weight is 279 g/mol. The molecule has 0 aliphatic rings. The number of hydrogen-bond acceptors (Lipinski definition) is 4. The number of carbonyl (C=O) groups is 1. The van der Waals surface area contributed by atoms with E-state index in [9.17, 15) is 22.0 Å². The Kier molecular flexibility index (Phi) is 4.19. The molecule has 9 heteroatoms. The lowest BCUT2D eigenvalue weighted by atomic mass is 10.1. The Morgan fingerprint density at radius 1 is 1.33 bits per heavy atom. The van der Waals surface area contributed by atoms with Gasteiger partial charge in [0.2, 0.25) is 10.0 Å². The van der Waals surface area contributed by atoms with Crippen molar-refractivity contribution in [1.82, 2.24) is 5.32 Å². The molecule has 0 saturated carbocycles. The molecule has 0 aliphatic carbocycles. The maximum absolute atomic E-state index is 13.4. The minimum Gasteiger partial charge on any atom is -0.396 e. The van der Waals surface area contributed by atoms with Gasteiger partial charge in [-0.05, 0) is 12.1 Å². The Hall–Kier alpha value is -1.74. The molecule has 1 amide bonds. The predicted molar refractivity (Wildman–Crippen MR) is 61.1 cm³/mol. The second-order valence-corrected chi connectivity index (χ2v) is 5.18. The van der Waals surface area contributed by atoms with Gasteiger partial charge in [0.15, 0.2) is 5.82 Å². The highest BCUT2D eigenvalue weighted by atomic mass is 32.2. The van der Waals surface area contributed by atoms with Gasteiger partial charge in [0.1, 0.15) is 11.4 Å². The number of nitrogens with one attached hydrogen (secondary N) is 1. The molecule has 0 spiro atoms. The van der Waals surface area contributed by atoms with E-state index >= 15 is 0 Å². The number of rotatable bonds is 4. The summed E-state index contributed by atoms with van der Waals surface area (Å²) in [5.74, 6) is -3.91. The minimum atomic E-state index is -3.76. The normalized spacial score (nSPS) is 11.3. The number of hydrogen-bond donors (Lipinski definition) is 3. The number of nitrogens with two attached hydrogens (primary N) is 2. The lowest BCUT2D eigenvalue weighted by Crippen LogP contribution is -2.32. The summed E-state index contributed by atoms with van der Waals surface area (Å²) in [4.78, 5) is 11.4. The van der Waals surface area contributed by atoms with Crippen molar-refractivity contribution in [2.24, 2.45) is 5.14 Å². The highest BCUT2D eigenvalue weighted by Gasteiger charge is 2.19. The number of halogens is 2. The minimum absolute atomic E-state index is 0.356. The summed E-state index contributed by atoms with van der Waals surface area (Å²) in [6.45, 7) is -0.356. The van der Waals surface area contributed by atoms with Gasteiger partial charge in [-0.15, -0.1) is 0 Å². The van der Waals surface area contributed by atoms with Crippen molar-refractivity contribution in [3.8, 4) is 0 Å². The Bertz CT molecular complexity index is 575. The van der Waals surface area contributed by atoms with Crippen LogP contribution in [0.15, 0.2) is 12.1 Å². The molecular weight excluding hydrogens is 268 g/mol. The van der Waals surface area contributed by atoms with E-state index in [0.717, 1.165) is 12.1 Å². The molecular formula is C9H11F2N3O3S. The van der Waals surface area contributed by atoms with E-state index in [0.29, 0.717) is 0 Å². The predicted octanol–water partition coefficient (Wildman–Crippen LogP) is -0.435. The summed E-state index contributed by atoms with van der Waals surface area (Å²) in [5.41, 5.74) is 3.95. The van der Waals surface area contributed by atoms with Gasteiger partial charge in [-0.1, -0.05) is 0 Å². The fraction of sp³-hybridized carbons (Fsp3) is 0.222. The van der Waals surface area contributed by atoms with Crippen LogP contribution in [0.2, 0.25) is 0 Å². The van der Waals surface area contributed by atoms with Crippen molar-refractivity contribution < 1.29 is 22.0 Å². The molecule has 0 bridgehead atoms. The van der Waals surface area contributed by atoms with Crippen LogP contribution in [0.4, 0.5) is 14.5 Å². The summed E-state index contributed by atoms with van der Waals surface area (Å²) < 4.78 is 47.8. The first kappa shape index (κ1) is 14.3. The van der Waals surface area contributed by atoms with Crippen LogP contribution in [0.25, 0.3) is 0 Å². The molecule has 0 saturated heterocycles. The summed E-state index contributed by atoms with van der Waals surface area (Å²) in [6.07, 6.45) is 0. The van der Waals surface area contributed by atoms with Crippen LogP contribution in [0.5, 0.6) is 0 Å². The Morgan fingerprint density at radius 3 is 2.50 bits per heavy atom. The van der Waals surface area contributed by atoms with E-state index < -0.39 is 38.9 Å². The van der Waals surface area contributed by atoms with E-state index in [4.69, 9.17) is 10.9 Å². The molecule has 5 N–H and O–H groups in total. The standard InChI is InChI=1S/C9H11F2N3O3S/c10-5-1-2-6(12)8(11)7(5)9(15)14-3-4-18(13,16)17/h1-2H,3-4,12H2,(H,14,15)(H2,13,16,17). The van der Waals surface area contributed by atoms with Crippen LogP contribution in [0.3, 0.4) is 0 Å². The summed E-state index contributed by atoms with van der Waals surface area (Å²) in [7, 11) is -3.76. The molecule has 0 aromatic heterocycles. The second kappa shape index (κ2) is 5.27. The summed E-state index contributed by atoms with van der Waals surface area (Å²) >= 11 is 0. The maximum Gasteiger partial charge on any atom is 0.257 e. The van der Waals surface area contributed by atoms with Crippen LogP contribution in [-0.4, -0.2) is 26.6 Å². The molecule has 0 atom stereocenters. The highest BCUT2D eigenvalue weighted by Crippen LogP contribution is 2.18. The van der Waals surface area contributed by atoms with Crippen LogP contribution in [-0.2, 0) is 10.0 Å². The van der Waals surface area contributed by atoms with Gasteiger partial charge in [0.25, 0.3) is 5.91 Å². The van der Waals surface area contributed by atoms with Gasteiger partial charge >= 0.3 is 0 Å². The van der Waals surface area contributed by atoms with Crippen molar-refractivity contribution in [3.63, 3.8) is 0 Å². The maximum atomic E-state index is 13.4. The molecule has 0 unspecified atom stereocenters. The number of carbonyl (C=O) groups excluding carboxylic acids is 1.